The van der Waals surface area contributed by atoms with E-state index < -0.39 is 11.9 Å². The predicted molar refractivity (Wildman–Crippen MR) is 121 cm³/mol. The summed E-state index contributed by atoms with van der Waals surface area (Å²) in [5.41, 5.74) is 13.3. The zero-order chi connectivity index (χ0) is 23.9. The van der Waals surface area contributed by atoms with Gasteiger partial charge in [0.05, 0.1) is 23.0 Å². The number of H-pyrrole nitrogens is 1. The number of benzene rings is 3. The number of fused-ring (bicyclic) bond motifs is 1. The van der Waals surface area contributed by atoms with Gasteiger partial charge in [-0.05, 0) is 54.1 Å². The number of aromatic nitrogens is 2. The largest absolute Gasteiger partial charge is 0.507 e. The Morgan fingerprint density at radius 3 is 2.30 bits per heavy atom. The Bertz CT molecular complexity index is 1460. The number of phenols is 2. The van der Waals surface area contributed by atoms with Gasteiger partial charge < -0.3 is 31.8 Å². The van der Waals surface area contributed by atoms with Crippen molar-refractivity contribution in [2.45, 2.75) is 6.42 Å². The fourth-order valence-electron chi connectivity index (χ4n) is 3.57. The van der Waals surface area contributed by atoms with E-state index >= 15 is 0 Å². The van der Waals surface area contributed by atoms with Gasteiger partial charge in [0, 0.05) is 22.3 Å². The zero-order valence-electron chi connectivity index (χ0n) is 17.1. The summed E-state index contributed by atoms with van der Waals surface area (Å²) in [6.45, 7) is 0. The minimum Gasteiger partial charge on any atom is -0.507 e. The molecule has 166 valence electrons. The second-order valence-corrected chi connectivity index (χ2v) is 7.44. The van der Waals surface area contributed by atoms with Gasteiger partial charge in [0.1, 0.15) is 23.2 Å². The maximum atomic E-state index is 11.6. The third kappa shape index (κ3) is 4.04. The lowest BCUT2D eigenvalue weighted by molar-refractivity contribution is -0.136. The minimum atomic E-state index is -1.09. The zero-order valence-corrected chi connectivity index (χ0v) is 17.1. The number of aromatic hydroxyl groups is 2. The molecule has 4 aromatic rings. The number of carboxylic acids is 1. The molecule has 1 aromatic heterocycles. The molecule has 0 aliphatic heterocycles. The summed E-state index contributed by atoms with van der Waals surface area (Å²) < 4.78 is 0. The van der Waals surface area contributed by atoms with Crippen LogP contribution >= 0.6 is 0 Å². The molecule has 0 aliphatic rings. The third-order valence-corrected chi connectivity index (χ3v) is 5.14. The Labute approximate surface area is 186 Å². The first-order valence-electron chi connectivity index (χ1n) is 9.69. The summed E-state index contributed by atoms with van der Waals surface area (Å²) >= 11 is 0. The van der Waals surface area contributed by atoms with Crippen LogP contribution in [-0.4, -0.2) is 43.0 Å². The normalized spacial score (nSPS) is 10.9. The maximum Gasteiger partial charge on any atom is 0.307 e. The number of nitrogens with zero attached hydrogens (tertiary/aromatic N) is 1. The number of carbonyl (C=O) groups is 2. The van der Waals surface area contributed by atoms with Crippen LogP contribution in [0.1, 0.15) is 21.5 Å². The van der Waals surface area contributed by atoms with E-state index in [1.54, 1.807) is 18.2 Å². The molecule has 33 heavy (non-hydrogen) atoms. The lowest BCUT2D eigenvalue weighted by Crippen LogP contribution is -2.10. The Morgan fingerprint density at radius 2 is 1.64 bits per heavy atom. The number of carboxylic acid groups (broad SMARTS) is 1. The van der Waals surface area contributed by atoms with Crippen LogP contribution in [0.4, 0.5) is 0 Å². The molecule has 0 spiro atoms. The fraction of sp³-hybridized carbons (Fsp3) is 0.0435. The van der Waals surface area contributed by atoms with Crippen molar-refractivity contribution in [2.75, 3.05) is 0 Å². The highest BCUT2D eigenvalue weighted by atomic mass is 16.4. The van der Waals surface area contributed by atoms with E-state index in [2.05, 4.69) is 9.97 Å². The Morgan fingerprint density at radius 1 is 0.939 bits per heavy atom. The van der Waals surface area contributed by atoms with Crippen molar-refractivity contribution in [2.24, 2.45) is 11.5 Å². The summed E-state index contributed by atoms with van der Waals surface area (Å²) in [5, 5.41) is 38.4. The topological polar surface area (TPSA) is 199 Å². The van der Waals surface area contributed by atoms with Crippen molar-refractivity contribution in [3.05, 3.63) is 65.2 Å². The average Bonchev–Trinajstić information content (AvgIpc) is 3.17. The van der Waals surface area contributed by atoms with Crippen molar-refractivity contribution in [3.63, 3.8) is 0 Å². The number of primary amides is 1. The van der Waals surface area contributed by atoms with E-state index in [-0.39, 0.29) is 51.8 Å². The number of hydrogen-bond acceptors (Lipinski definition) is 6. The van der Waals surface area contributed by atoms with E-state index in [9.17, 15) is 24.9 Å². The predicted octanol–water partition coefficient (Wildman–Crippen LogP) is 2.32. The number of imidazole rings is 1. The summed E-state index contributed by atoms with van der Waals surface area (Å²) in [7, 11) is 0. The molecule has 0 saturated carbocycles. The highest BCUT2D eigenvalue weighted by Gasteiger charge is 2.20. The molecule has 10 nitrogen and oxygen atoms in total. The first-order chi connectivity index (χ1) is 15.6. The first-order valence-corrected chi connectivity index (χ1v) is 9.69. The average molecular weight is 445 g/mol. The van der Waals surface area contributed by atoms with Gasteiger partial charge in [0.2, 0.25) is 5.91 Å². The van der Waals surface area contributed by atoms with Crippen LogP contribution in [0.5, 0.6) is 11.5 Å². The number of carbonyl (C=O) groups excluding carboxylic acids is 1. The molecular formula is C23H19N5O5. The van der Waals surface area contributed by atoms with Gasteiger partial charge in [0.15, 0.2) is 0 Å². The van der Waals surface area contributed by atoms with Crippen molar-refractivity contribution >= 4 is 28.7 Å². The molecule has 0 atom stereocenters. The molecule has 1 amide bonds. The lowest BCUT2D eigenvalue weighted by atomic mass is 9.94. The number of rotatable bonds is 6. The monoisotopic (exact) mass is 445 g/mol. The number of aromatic amines is 1. The van der Waals surface area contributed by atoms with Crippen LogP contribution in [0.15, 0.2) is 48.5 Å². The summed E-state index contributed by atoms with van der Waals surface area (Å²) in [5.74, 6) is -2.22. The number of hydrogen-bond donors (Lipinski definition) is 7. The molecule has 0 aliphatic carbocycles. The molecule has 3 aromatic carbocycles. The lowest BCUT2D eigenvalue weighted by Gasteiger charge is -2.13. The number of amides is 1. The van der Waals surface area contributed by atoms with Crippen molar-refractivity contribution < 1.29 is 24.9 Å². The van der Waals surface area contributed by atoms with Crippen LogP contribution in [0.3, 0.4) is 0 Å². The number of nitrogens with two attached hydrogens (primary N) is 2. The Kier molecular flexibility index (Phi) is 5.18. The van der Waals surface area contributed by atoms with E-state index in [1.165, 1.54) is 30.3 Å². The second kappa shape index (κ2) is 8.00. The van der Waals surface area contributed by atoms with Crippen molar-refractivity contribution in [3.8, 4) is 34.0 Å². The highest BCUT2D eigenvalue weighted by Crippen LogP contribution is 2.42. The van der Waals surface area contributed by atoms with Crippen LogP contribution in [-0.2, 0) is 11.2 Å². The van der Waals surface area contributed by atoms with Crippen LogP contribution in [0.25, 0.3) is 33.5 Å². The second-order valence-electron chi connectivity index (χ2n) is 7.44. The van der Waals surface area contributed by atoms with E-state index in [0.717, 1.165) is 0 Å². The molecule has 0 saturated heterocycles. The van der Waals surface area contributed by atoms with E-state index in [0.29, 0.717) is 22.2 Å². The molecule has 0 bridgehead atoms. The van der Waals surface area contributed by atoms with Gasteiger partial charge in [-0.3, -0.25) is 15.0 Å². The maximum absolute atomic E-state index is 11.6. The van der Waals surface area contributed by atoms with Crippen LogP contribution in [0.2, 0.25) is 0 Å². The van der Waals surface area contributed by atoms with Crippen LogP contribution in [0, 0.1) is 5.41 Å². The molecule has 9 N–H and O–H groups in total. The molecule has 0 radical (unpaired) electrons. The van der Waals surface area contributed by atoms with Gasteiger partial charge in [-0.2, -0.15) is 0 Å². The molecular weight excluding hydrogens is 426 g/mol. The van der Waals surface area contributed by atoms with Gasteiger partial charge in [-0.15, -0.1) is 0 Å². The SMILES string of the molecule is N=C(N)c1ccc2nc(-c3cc(CC(=O)O)cc(-c4cc(C(N)=O)ccc4O)c3O)[nH]c2c1. The fourth-order valence-corrected chi connectivity index (χ4v) is 3.57. The molecule has 1 heterocycles. The minimum absolute atomic E-state index is 0.104. The Balaban J connectivity index is 1.95. The molecule has 0 fully saturated rings. The number of amidine groups is 1. The smallest absolute Gasteiger partial charge is 0.307 e. The van der Waals surface area contributed by atoms with Crippen LogP contribution < -0.4 is 11.5 Å². The van der Waals surface area contributed by atoms with Gasteiger partial charge >= 0.3 is 5.97 Å². The van der Waals surface area contributed by atoms with Gasteiger partial charge in [0.25, 0.3) is 0 Å². The Hall–Kier alpha value is -4.86. The van der Waals surface area contributed by atoms with Gasteiger partial charge in [-0.25, -0.2) is 4.98 Å². The van der Waals surface area contributed by atoms with E-state index in [1.807, 2.05) is 0 Å². The summed E-state index contributed by atoms with van der Waals surface area (Å²) in [4.78, 5) is 30.5. The number of aliphatic carboxylic acids is 1. The van der Waals surface area contributed by atoms with Crippen molar-refractivity contribution in [1.82, 2.24) is 9.97 Å². The molecule has 0 unspecified atom stereocenters. The number of phenolic OH excluding ortho intramolecular Hbond substituents is 2. The highest BCUT2D eigenvalue weighted by molar-refractivity contribution is 5.99. The molecule has 4 rings (SSSR count). The summed E-state index contributed by atoms with van der Waals surface area (Å²) in [6, 6.07) is 11.8. The number of nitrogens with one attached hydrogen (secondary N) is 2. The summed E-state index contributed by atoms with van der Waals surface area (Å²) in [6.07, 6.45) is -0.356. The molecule has 10 heteroatoms. The third-order valence-electron chi connectivity index (χ3n) is 5.14. The first kappa shape index (κ1) is 21.4. The van der Waals surface area contributed by atoms with Gasteiger partial charge in [-0.1, -0.05) is 0 Å². The standard InChI is InChI=1S/C23H19N5O5/c24-21(25)11-1-3-16-17(9-11)28-23(27-16)15-6-10(7-19(30)31)5-14(20(15)32)13-8-12(22(26)33)2-4-18(13)29/h1-6,8-9,29,32H,7H2,(H3,24,25)(H2,26,33)(H,27,28)(H,30,31). The van der Waals surface area contributed by atoms with Crippen molar-refractivity contribution in [1.29, 1.82) is 5.41 Å². The number of nitrogen functional groups attached to an aromatic ring is 1. The van der Waals surface area contributed by atoms with E-state index in [4.69, 9.17) is 16.9 Å². The quantitative estimate of drug-likeness (QED) is 0.174.